The van der Waals surface area contributed by atoms with Crippen molar-refractivity contribution < 1.29 is 14.1 Å². The number of para-hydroxylation sites is 1. The number of hydrogen-bond acceptors (Lipinski definition) is 4. The van der Waals surface area contributed by atoms with Crippen molar-refractivity contribution in [1.82, 2.24) is 10.1 Å². The zero-order valence-electron chi connectivity index (χ0n) is 15.5. The van der Waals surface area contributed by atoms with Gasteiger partial charge in [0, 0.05) is 24.4 Å². The lowest BCUT2D eigenvalue weighted by molar-refractivity contribution is -0.116. The molecule has 27 heavy (non-hydrogen) atoms. The highest BCUT2D eigenvalue weighted by molar-refractivity contribution is 5.99. The van der Waals surface area contributed by atoms with Gasteiger partial charge in [0.15, 0.2) is 11.5 Å². The largest absolute Gasteiger partial charge is 0.355 e. The Kier molecular flexibility index (Phi) is 5.35. The van der Waals surface area contributed by atoms with Gasteiger partial charge in [0.05, 0.1) is 6.54 Å². The van der Waals surface area contributed by atoms with E-state index in [4.69, 9.17) is 4.52 Å². The van der Waals surface area contributed by atoms with Gasteiger partial charge < -0.3 is 14.7 Å². The Balaban J connectivity index is 1.66. The summed E-state index contributed by atoms with van der Waals surface area (Å²) in [5, 5.41) is 6.71. The number of hydrogen-bond donors (Lipinski definition) is 1. The Morgan fingerprint density at radius 3 is 2.37 bits per heavy atom. The lowest BCUT2D eigenvalue weighted by Gasteiger charge is -2.17. The van der Waals surface area contributed by atoms with Crippen LogP contribution < -0.4 is 5.32 Å². The standard InChI is InChI=1S/C21H21N3O3/c1-14-8-7-9-15(2)20(14)22-19(25)13-24(3)21(26)17-12-18(27-23-17)16-10-5-4-6-11-16/h4-12H,13H2,1-3H3,(H,22,25). The number of aromatic nitrogens is 1. The molecule has 2 aromatic carbocycles. The molecule has 138 valence electrons. The molecule has 0 radical (unpaired) electrons. The second-order valence-electron chi connectivity index (χ2n) is 6.42. The first-order chi connectivity index (χ1) is 13.0. The van der Waals surface area contributed by atoms with Crippen molar-refractivity contribution in [2.45, 2.75) is 13.8 Å². The number of anilines is 1. The average Bonchev–Trinajstić information content (AvgIpc) is 3.15. The third kappa shape index (κ3) is 4.23. The smallest absolute Gasteiger partial charge is 0.276 e. The molecule has 0 aliphatic heterocycles. The summed E-state index contributed by atoms with van der Waals surface area (Å²) in [6, 6.07) is 16.8. The molecule has 2 amide bonds. The molecule has 0 saturated heterocycles. The number of nitrogens with one attached hydrogen (secondary N) is 1. The molecule has 0 fully saturated rings. The van der Waals surface area contributed by atoms with Crippen LogP contribution in [0.15, 0.2) is 59.1 Å². The quantitative estimate of drug-likeness (QED) is 0.750. The molecule has 1 N–H and O–H groups in total. The fourth-order valence-electron chi connectivity index (χ4n) is 2.79. The fourth-order valence-corrected chi connectivity index (χ4v) is 2.79. The van der Waals surface area contributed by atoms with Crippen LogP contribution in [0.5, 0.6) is 0 Å². The van der Waals surface area contributed by atoms with E-state index >= 15 is 0 Å². The summed E-state index contributed by atoms with van der Waals surface area (Å²) in [7, 11) is 1.56. The van der Waals surface area contributed by atoms with Gasteiger partial charge in [-0.1, -0.05) is 53.7 Å². The molecule has 0 bridgehead atoms. The molecule has 3 rings (SSSR count). The van der Waals surface area contributed by atoms with Gasteiger partial charge in [-0.25, -0.2) is 0 Å². The Hall–Kier alpha value is -3.41. The van der Waals surface area contributed by atoms with Crippen molar-refractivity contribution in [2.24, 2.45) is 0 Å². The van der Waals surface area contributed by atoms with E-state index in [2.05, 4.69) is 10.5 Å². The monoisotopic (exact) mass is 363 g/mol. The van der Waals surface area contributed by atoms with Gasteiger partial charge in [-0.2, -0.15) is 0 Å². The number of aryl methyl sites for hydroxylation is 2. The average molecular weight is 363 g/mol. The number of amides is 2. The van der Waals surface area contributed by atoms with Crippen LogP contribution in [-0.4, -0.2) is 35.5 Å². The molecule has 3 aromatic rings. The number of carbonyl (C=O) groups is 2. The van der Waals surface area contributed by atoms with Crippen molar-refractivity contribution in [3.05, 3.63) is 71.4 Å². The molecule has 0 unspecified atom stereocenters. The molecule has 1 heterocycles. The topological polar surface area (TPSA) is 75.4 Å². The molecular formula is C21H21N3O3. The van der Waals surface area contributed by atoms with Crippen LogP contribution in [0.4, 0.5) is 5.69 Å². The van der Waals surface area contributed by atoms with Crippen molar-refractivity contribution in [3.63, 3.8) is 0 Å². The van der Waals surface area contributed by atoms with E-state index in [9.17, 15) is 9.59 Å². The first kappa shape index (κ1) is 18.4. The van der Waals surface area contributed by atoms with Gasteiger partial charge in [0.2, 0.25) is 5.91 Å². The number of carbonyl (C=O) groups excluding carboxylic acids is 2. The summed E-state index contributed by atoms with van der Waals surface area (Å²) < 4.78 is 5.26. The molecule has 0 atom stereocenters. The maximum absolute atomic E-state index is 12.5. The molecule has 6 heteroatoms. The van der Waals surface area contributed by atoms with Crippen molar-refractivity contribution in [2.75, 3.05) is 18.9 Å². The van der Waals surface area contributed by atoms with Crippen LogP contribution in [0.25, 0.3) is 11.3 Å². The summed E-state index contributed by atoms with van der Waals surface area (Å²) in [5.41, 5.74) is 3.72. The fraction of sp³-hybridized carbons (Fsp3) is 0.190. The summed E-state index contributed by atoms with van der Waals surface area (Å²) in [6.07, 6.45) is 0. The van der Waals surface area contributed by atoms with Crippen molar-refractivity contribution in [1.29, 1.82) is 0 Å². The third-order valence-corrected chi connectivity index (χ3v) is 4.26. The van der Waals surface area contributed by atoms with Gasteiger partial charge in [-0.05, 0) is 25.0 Å². The lowest BCUT2D eigenvalue weighted by atomic mass is 10.1. The van der Waals surface area contributed by atoms with Crippen LogP contribution in [0.1, 0.15) is 21.6 Å². The molecule has 0 spiro atoms. The molecule has 0 saturated carbocycles. The van der Waals surface area contributed by atoms with E-state index in [1.54, 1.807) is 13.1 Å². The highest BCUT2D eigenvalue weighted by Gasteiger charge is 2.20. The predicted octanol–water partition coefficient (Wildman–Crippen LogP) is 3.67. The van der Waals surface area contributed by atoms with Crippen LogP contribution >= 0.6 is 0 Å². The zero-order chi connectivity index (χ0) is 19.4. The summed E-state index contributed by atoms with van der Waals surface area (Å²) >= 11 is 0. The van der Waals surface area contributed by atoms with Crippen LogP contribution in [0.3, 0.4) is 0 Å². The van der Waals surface area contributed by atoms with Gasteiger partial charge in [-0.3, -0.25) is 9.59 Å². The van der Waals surface area contributed by atoms with E-state index in [0.29, 0.717) is 5.76 Å². The lowest BCUT2D eigenvalue weighted by Crippen LogP contribution is -2.35. The number of nitrogens with zero attached hydrogens (tertiary/aromatic N) is 2. The Labute approximate surface area is 157 Å². The zero-order valence-corrected chi connectivity index (χ0v) is 15.5. The molecular weight excluding hydrogens is 342 g/mol. The van der Waals surface area contributed by atoms with E-state index < -0.39 is 0 Å². The molecule has 0 aliphatic rings. The van der Waals surface area contributed by atoms with Crippen LogP contribution in [0.2, 0.25) is 0 Å². The maximum Gasteiger partial charge on any atom is 0.276 e. The maximum atomic E-state index is 12.5. The Bertz CT molecular complexity index is 944. The summed E-state index contributed by atoms with van der Waals surface area (Å²) in [5.74, 6) is -0.139. The minimum Gasteiger partial charge on any atom is -0.355 e. The van der Waals surface area contributed by atoms with Crippen molar-refractivity contribution >= 4 is 17.5 Å². The van der Waals surface area contributed by atoms with E-state index in [-0.39, 0.29) is 24.1 Å². The second kappa shape index (κ2) is 7.86. The Morgan fingerprint density at radius 2 is 1.70 bits per heavy atom. The van der Waals surface area contributed by atoms with Crippen LogP contribution in [-0.2, 0) is 4.79 Å². The van der Waals surface area contributed by atoms with Crippen LogP contribution in [0, 0.1) is 13.8 Å². The molecule has 0 aliphatic carbocycles. The Morgan fingerprint density at radius 1 is 1.04 bits per heavy atom. The van der Waals surface area contributed by atoms with Gasteiger partial charge >= 0.3 is 0 Å². The first-order valence-corrected chi connectivity index (χ1v) is 8.59. The summed E-state index contributed by atoms with van der Waals surface area (Å²) in [4.78, 5) is 26.2. The van der Waals surface area contributed by atoms with Crippen molar-refractivity contribution in [3.8, 4) is 11.3 Å². The number of rotatable bonds is 5. The minimum atomic E-state index is -0.377. The van der Waals surface area contributed by atoms with Gasteiger partial charge in [0.1, 0.15) is 0 Å². The molecule has 1 aromatic heterocycles. The molecule has 6 nitrogen and oxygen atoms in total. The number of benzene rings is 2. The normalized spacial score (nSPS) is 10.5. The highest BCUT2D eigenvalue weighted by atomic mass is 16.5. The van der Waals surface area contributed by atoms with E-state index in [1.807, 2.05) is 62.4 Å². The van der Waals surface area contributed by atoms with Gasteiger partial charge in [-0.15, -0.1) is 0 Å². The summed E-state index contributed by atoms with van der Waals surface area (Å²) in [6.45, 7) is 3.77. The van der Waals surface area contributed by atoms with E-state index in [1.165, 1.54) is 4.90 Å². The SMILES string of the molecule is Cc1cccc(C)c1NC(=O)CN(C)C(=O)c1cc(-c2ccccc2)on1. The highest BCUT2D eigenvalue weighted by Crippen LogP contribution is 2.21. The van der Waals surface area contributed by atoms with Gasteiger partial charge in [0.25, 0.3) is 5.91 Å². The number of likely N-dealkylation sites (N-methyl/N-ethyl adjacent to an activating group) is 1. The van der Waals surface area contributed by atoms with E-state index in [0.717, 1.165) is 22.4 Å². The first-order valence-electron chi connectivity index (χ1n) is 8.59. The second-order valence-corrected chi connectivity index (χ2v) is 6.42. The predicted molar refractivity (Wildman–Crippen MR) is 103 cm³/mol. The third-order valence-electron chi connectivity index (χ3n) is 4.26. The minimum absolute atomic E-state index is 0.0832.